The first kappa shape index (κ1) is 50.4. The number of unbranched alkanes of at least 4 members (excludes halogenated alkanes) is 2. The predicted molar refractivity (Wildman–Crippen MR) is 273 cm³/mol. The van der Waals surface area contributed by atoms with Crippen molar-refractivity contribution in [1.29, 1.82) is 0 Å². The van der Waals surface area contributed by atoms with Crippen molar-refractivity contribution >= 4 is 29.7 Å². The number of hydrogen-bond donors (Lipinski definition) is 2. The Bertz CT molecular complexity index is 2870. The van der Waals surface area contributed by atoms with E-state index >= 15 is 4.79 Å². The zero-order valence-electron chi connectivity index (χ0n) is 40.5. The van der Waals surface area contributed by atoms with Gasteiger partial charge in [0.25, 0.3) is 5.69 Å². The van der Waals surface area contributed by atoms with Crippen molar-refractivity contribution < 1.29 is 53.2 Å². The molecule has 9 rings (SSSR count). The molecule has 2 N–H and O–H groups in total. The monoisotopic (exact) mass is 989 g/mol. The number of carbonyl (C=O) groups excluding carboxylic acids is 2. The van der Waals surface area contributed by atoms with Crippen LogP contribution in [0.2, 0.25) is 0 Å². The van der Waals surface area contributed by atoms with Gasteiger partial charge in [-0.15, -0.1) is 6.58 Å². The standard InChI is InChI=1S/C58H59N3O12/c1-2-29-70-58-54(60(35-41-19-24-52-53(31-41)69-38-68-52)55(65)26-20-39-17-21-44(22-18-39)61(66)67)34-50(59-71-37-40-11-4-3-5-12-40)48-32-43(14-6-8-27-62)47(16-7-9-28-63)56(57(48)58)49-33-46(23-25-51(49)73-58)72-45-15-10-13-42(30-45)36-64/h2-5,10-13,15,17-26,30-33,36,43,47,54,56-57,62-63H,1,6-9,14,16,27-29,34-35,37-38H2/t43-,47+,54-,56+,57+,58+/m0/s1. The van der Waals surface area contributed by atoms with Gasteiger partial charge in [-0.05, 0) is 120 Å². The van der Waals surface area contributed by atoms with Crippen LogP contribution in [0.25, 0.3) is 6.08 Å². The second-order valence-corrected chi connectivity index (χ2v) is 18.7. The fraction of sp³-hybridized carbons (Fsp3) is 0.328. The van der Waals surface area contributed by atoms with Gasteiger partial charge in [0.1, 0.15) is 36.2 Å². The number of aldehydes is 1. The summed E-state index contributed by atoms with van der Waals surface area (Å²) >= 11 is 0. The van der Waals surface area contributed by atoms with Gasteiger partial charge in [0.05, 0.1) is 23.2 Å². The van der Waals surface area contributed by atoms with Crippen LogP contribution in [-0.4, -0.2) is 76.4 Å². The van der Waals surface area contributed by atoms with Crippen molar-refractivity contribution in [3.63, 3.8) is 0 Å². The molecule has 0 bridgehead atoms. The summed E-state index contributed by atoms with van der Waals surface area (Å²) in [5.74, 6) is -0.380. The summed E-state index contributed by atoms with van der Waals surface area (Å²) in [5, 5.41) is 36.7. The molecule has 0 spiro atoms. The minimum Gasteiger partial charge on any atom is -0.459 e. The number of carbonyl (C=O) groups is 2. The highest BCUT2D eigenvalue weighted by Crippen LogP contribution is 2.62. The largest absolute Gasteiger partial charge is 0.459 e. The molecule has 15 nitrogen and oxygen atoms in total. The number of nitro benzene ring substituents is 1. The number of benzene rings is 5. The highest BCUT2D eigenvalue weighted by atomic mass is 16.7. The summed E-state index contributed by atoms with van der Waals surface area (Å²) in [7, 11) is 0. The Morgan fingerprint density at radius 3 is 2.38 bits per heavy atom. The summed E-state index contributed by atoms with van der Waals surface area (Å²) in [5.41, 5.74) is 4.96. The molecule has 5 aromatic rings. The number of hydrogen-bond acceptors (Lipinski definition) is 13. The lowest BCUT2D eigenvalue weighted by molar-refractivity contribution is -0.384. The zero-order chi connectivity index (χ0) is 50.7. The van der Waals surface area contributed by atoms with Crippen molar-refractivity contribution in [3.05, 3.63) is 184 Å². The molecule has 0 aromatic heterocycles. The maximum atomic E-state index is 15.4. The Morgan fingerprint density at radius 2 is 1.62 bits per heavy atom. The average molecular weight is 990 g/mol. The third kappa shape index (κ3) is 11.2. The van der Waals surface area contributed by atoms with Gasteiger partial charge in [-0.25, -0.2) is 0 Å². The van der Waals surface area contributed by atoms with E-state index in [1.54, 1.807) is 53.5 Å². The quantitative estimate of drug-likeness (QED) is 0.0158. The van der Waals surface area contributed by atoms with E-state index in [2.05, 4.69) is 12.7 Å². The minimum atomic E-state index is -1.59. The molecule has 378 valence electrons. The first-order valence-electron chi connectivity index (χ1n) is 24.8. The topological polar surface area (TPSA) is 189 Å². The number of allylic oxidation sites excluding steroid dienone is 1. The second-order valence-electron chi connectivity index (χ2n) is 18.7. The van der Waals surface area contributed by atoms with Crippen molar-refractivity contribution in [2.45, 2.75) is 75.8 Å². The molecule has 1 fully saturated rings. The molecule has 1 saturated carbocycles. The van der Waals surface area contributed by atoms with E-state index in [1.807, 2.05) is 66.7 Å². The molecule has 2 aliphatic heterocycles. The summed E-state index contributed by atoms with van der Waals surface area (Å²) in [6.07, 6.45) is 12.1. The highest BCUT2D eigenvalue weighted by Gasteiger charge is 2.65. The molecular formula is C58H59N3O12. The normalized spacial score (nSPS) is 21.9. The van der Waals surface area contributed by atoms with Crippen molar-refractivity contribution in [2.75, 3.05) is 26.6 Å². The average Bonchev–Trinajstić information content (AvgIpc) is 3.90. The van der Waals surface area contributed by atoms with Gasteiger partial charge in [0.2, 0.25) is 18.5 Å². The van der Waals surface area contributed by atoms with Crippen LogP contribution in [0.4, 0.5) is 5.69 Å². The number of nitrogens with zero attached hydrogens (tertiary/aromatic N) is 3. The molecular weight excluding hydrogens is 931 g/mol. The van der Waals surface area contributed by atoms with E-state index in [4.69, 9.17) is 33.7 Å². The van der Waals surface area contributed by atoms with Crippen molar-refractivity contribution in [1.82, 2.24) is 4.90 Å². The summed E-state index contributed by atoms with van der Waals surface area (Å²) < 4.78 is 32.7. The number of aliphatic hydroxyl groups excluding tert-OH is 2. The van der Waals surface area contributed by atoms with Gasteiger partial charge >= 0.3 is 0 Å². The maximum Gasteiger partial charge on any atom is 0.269 e. The van der Waals surface area contributed by atoms with Crippen molar-refractivity contribution in [3.8, 4) is 28.7 Å². The van der Waals surface area contributed by atoms with E-state index in [1.165, 1.54) is 18.2 Å². The van der Waals surface area contributed by atoms with Gasteiger partial charge in [0, 0.05) is 61.4 Å². The highest BCUT2D eigenvalue weighted by molar-refractivity contribution is 6.03. The molecule has 0 saturated heterocycles. The number of non-ortho nitro benzene ring substituents is 1. The van der Waals surface area contributed by atoms with Crippen LogP contribution in [-0.2, 0) is 27.5 Å². The Kier molecular flexibility index (Phi) is 16.1. The van der Waals surface area contributed by atoms with Crippen LogP contribution in [0, 0.1) is 27.9 Å². The minimum absolute atomic E-state index is 0.0229. The number of amides is 1. The molecule has 1 amide bonds. The number of nitro groups is 1. The van der Waals surface area contributed by atoms with Crippen LogP contribution in [0.3, 0.4) is 0 Å². The Labute approximate surface area is 424 Å². The molecule has 0 radical (unpaired) electrons. The molecule has 73 heavy (non-hydrogen) atoms. The fourth-order valence-corrected chi connectivity index (χ4v) is 10.8. The van der Waals surface area contributed by atoms with Gasteiger partial charge in [-0.1, -0.05) is 78.7 Å². The SMILES string of the molecule is C=CCO[C@@]12Oc3ccc(Oc4cccc(C=O)c4)cc3[C@H]3[C@H](CCCCO)[C@@H](CCCCO)C=C(C(=NOCc4ccccc4)C[C@@H]1N(Cc1ccc4c(c1)OCO4)C(=O)C=Cc1ccc([N+](=O)[O-])cc1)[C@H]32. The third-order valence-corrected chi connectivity index (χ3v) is 14.1. The van der Waals surface area contributed by atoms with Gasteiger partial charge < -0.3 is 43.6 Å². The first-order valence-corrected chi connectivity index (χ1v) is 24.8. The number of aliphatic hydroxyl groups is 2. The molecule has 2 heterocycles. The van der Waals surface area contributed by atoms with Crippen LogP contribution in [0.1, 0.15) is 83.5 Å². The Balaban J connectivity index is 1.24. The molecule has 5 aromatic carbocycles. The number of oxime groups is 1. The summed E-state index contributed by atoms with van der Waals surface area (Å²) in [4.78, 5) is 46.3. The van der Waals surface area contributed by atoms with E-state index in [0.29, 0.717) is 58.4 Å². The predicted octanol–water partition coefficient (Wildman–Crippen LogP) is 10.5. The third-order valence-electron chi connectivity index (χ3n) is 14.1. The van der Waals surface area contributed by atoms with Crippen LogP contribution < -0.4 is 18.9 Å². The summed E-state index contributed by atoms with van der Waals surface area (Å²) in [6.45, 7) is 4.51. The van der Waals surface area contributed by atoms with E-state index in [-0.39, 0.29) is 69.6 Å². The van der Waals surface area contributed by atoms with Gasteiger partial charge in [-0.2, -0.15) is 0 Å². The van der Waals surface area contributed by atoms with Gasteiger partial charge in [0.15, 0.2) is 11.5 Å². The fourth-order valence-electron chi connectivity index (χ4n) is 10.8. The summed E-state index contributed by atoms with van der Waals surface area (Å²) in [6, 6.07) is 33.0. The maximum absolute atomic E-state index is 15.4. The van der Waals surface area contributed by atoms with Crippen molar-refractivity contribution in [2.24, 2.45) is 22.9 Å². The number of ether oxygens (including phenoxy) is 5. The van der Waals surface area contributed by atoms with Crippen LogP contribution in [0.15, 0.2) is 151 Å². The molecule has 4 aliphatic rings. The number of rotatable bonds is 23. The van der Waals surface area contributed by atoms with E-state index in [9.17, 15) is 25.1 Å². The molecule has 2 aliphatic carbocycles. The van der Waals surface area contributed by atoms with Crippen LogP contribution >= 0.6 is 0 Å². The lowest BCUT2D eigenvalue weighted by Crippen LogP contribution is -2.70. The lowest BCUT2D eigenvalue weighted by Gasteiger charge is -2.60. The first-order chi connectivity index (χ1) is 35.7. The molecule has 15 heteroatoms. The Hall–Kier alpha value is -7.59. The van der Waals surface area contributed by atoms with E-state index in [0.717, 1.165) is 54.2 Å². The van der Waals surface area contributed by atoms with Crippen LogP contribution in [0.5, 0.6) is 28.7 Å². The van der Waals surface area contributed by atoms with E-state index < -0.39 is 28.6 Å². The second kappa shape index (κ2) is 23.3. The smallest absolute Gasteiger partial charge is 0.269 e. The molecule has 0 unspecified atom stereocenters. The zero-order valence-corrected chi connectivity index (χ0v) is 40.5. The molecule has 6 atom stereocenters. The number of fused-ring (bicyclic) bond motifs is 3. The Morgan fingerprint density at radius 1 is 0.849 bits per heavy atom. The van der Waals surface area contributed by atoms with Gasteiger partial charge in [-0.3, -0.25) is 19.7 Å². The lowest BCUT2D eigenvalue weighted by atomic mass is 9.55.